The second-order valence-corrected chi connectivity index (χ2v) is 8.53. The highest BCUT2D eigenvalue weighted by Gasteiger charge is 2.23. The molecule has 1 aliphatic rings. The van der Waals surface area contributed by atoms with Crippen molar-refractivity contribution in [3.8, 4) is 22.7 Å². The summed E-state index contributed by atoms with van der Waals surface area (Å²) in [5, 5.41) is 4.52. The minimum atomic E-state index is -0.475. The van der Waals surface area contributed by atoms with Crippen LogP contribution in [0.4, 0.5) is 0 Å². The van der Waals surface area contributed by atoms with Crippen LogP contribution in [0.2, 0.25) is 0 Å². The smallest absolute Gasteiger partial charge is 0.358 e. The fourth-order valence-electron chi connectivity index (χ4n) is 4.43. The molecular weight excluding hydrogens is 430 g/mol. The fraction of sp³-hybridized carbons (Fsp3) is 0.370. The average molecular weight is 462 g/mol. The lowest BCUT2D eigenvalue weighted by atomic mass is 9.94. The Labute approximate surface area is 200 Å². The number of amides is 1. The predicted molar refractivity (Wildman–Crippen MR) is 130 cm³/mol. The van der Waals surface area contributed by atoms with Crippen molar-refractivity contribution >= 4 is 11.9 Å². The number of aromatic nitrogens is 2. The molecule has 1 amide bonds. The molecule has 0 aliphatic heterocycles. The lowest BCUT2D eigenvalue weighted by Gasteiger charge is -2.31. The monoisotopic (exact) mass is 461 g/mol. The molecule has 0 unspecified atom stereocenters. The lowest BCUT2D eigenvalue weighted by Crippen LogP contribution is -2.38. The van der Waals surface area contributed by atoms with Gasteiger partial charge in [-0.25, -0.2) is 9.48 Å². The molecule has 0 N–H and O–H groups in total. The summed E-state index contributed by atoms with van der Waals surface area (Å²) in [5.41, 5.74) is 3.23. The van der Waals surface area contributed by atoms with E-state index in [-0.39, 0.29) is 18.2 Å². The van der Waals surface area contributed by atoms with Crippen LogP contribution in [0.1, 0.15) is 59.9 Å². The number of carbonyl (C=O) groups excluding carboxylic acids is 2. The first-order valence-corrected chi connectivity index (χ1v) is 11.8. The van der Waals surface area contributed by atoms with Crippen LogP contribution in [0.25, 0.3) is 16.9 Å². The molecule has 178 valence electrons. The Bertz CT molecular complexity index is 1130. The molecule has 1 heterocycles. The highest BCUT2D eigenvalue weighted by Crippen LogP contribution is 2.27. The molecule has 1 aromatic heterocycles. The van der Waals surface area contributed by atoms with Crippen LogP contribution in [0.5, 0.6) is 5.75 Å². The zero-order valence-electron chi connectivity index (χ0n) is 20.0. The SMILES string of the molecule is CCOC(=O)c1cc(-c2ccc(OC)cc2)n(-c2ccc(C(=O)N(C)C3CCCCC3)cc2)n1. The summed E-state index contributed by atoms with van der Waals surface area (Å²) < 4.78 is 12.1. The van der Waals surface area contributed by atoms with Gasteiger partial charge in [0.25, 0.3) is 5.91 Å². The van der Waals surface area contributed by atoms with Gasteiger partial charge >= 0.3 is 5.97 Å². The van der Waals surface area contributed by atoms with E-state index >= 15 is 0 Å². The number of methoxy groups -OCH3 is 1. The van der Waals surface area contributed by atoms with Gasteiger partial charge in [0.1, 0.15) is 5.75 Å². The predicted octanol–water partition coefficient (Wildman–Crippen LogP) is 5.13. The maximum absolute atomic E-state index is 13.0. The number of nitrogens with zero attached hydrogens (tertiary/aromatic N) is 3. The number of ether oxygens (including phenoxy) is 2. The molecule has 4 rings (SSSR count). The Balaban J connectivity index is 1.64. The van der Waals surface area contributed by atoms with Crippen LogP contribution < -0.4 is 4.74 Å². The quantitative estimate of drug-likeness (QED) is 0.456. The molecule has 0 radical (unpaired) electrons. The highest BCUT2D eigenvalue weighted by molar-refractivity contribution is 5.94. The fourth-order valence-corrected chi connectivity index (χ4v) is 4.43. The normalized spacial score (nSPS) is 14.0. The van der Waals surface area contributed by atoms with Gasteiger partial charge in [0.05, 0.1) is 25.1 Å². The summed E-state index contributed by atoms with van der Waals surface area (Å²) in [6.07, 6.45) is 5.74. The van der Waals surface area contributed by atoms with E-state index < -0.39 is 5.97 Å². The third kappa shape index (κ3) is 4.98. The summed E-state index contributed by atoms with van der Waals surface area (Å²) in [5.74, 6) is 0.295. The molecule has 0 spiro atoms. The van der Waals surface area contributed by atoms with Crippen LogP contribution >= 0.6 is 0 Å². The van der Waals surface area contributed by atoms with E-state index in [2.05, 4.69) is 5.10 Å². The average Bonchev–Trinajstić information content (AvgIpc) is 3.34. The van der Waals surface area contributed by atoms with Crippen LogP contribution in [0.3, 0.4) is 0 Å². The molecule has 0 atom stereocenters. The number of hydrogen-bond acceptors (Lipinski definition) is 5. The zero-order chi connectivity index (χ0) is 24.1. The summed E-state index contributed by atoms with van der Waals surface area (Å²) in [4.78, 5) is 27.3. The van der Waals surface area contributed by atoms with Gasteiger partial charge in [-0.3, -0.25) is 4.79 Å². The summed E-state index contributed by atoms with van der Waals surface area (Å²) in [6, 6.07) is 16.9. The third-order valence-electron chi connectivity index (χ3n) is 6.38. The molecule has 7 heteroatoms. The molecule has 2 aromatic carbocycles. The lowest BCUT2D eigenvalue weighted by molar-refractivity contribution is 0.0518. The van der Waals surface area contributed by atoms with Crippen molar-refractivity contribution in [2.45, 2.75) is 45.1 Å². The number of rotatable bonds is 7. The number of carbonyl (C=O) groups is 2. The van der Waals surface area contributed by atoms with E-state index in [0.717, 1.165) is 35.5 Å². The van der Waals surface area contributed by atoms with Gasteiger partial charge in [0, 0.05) is 24.2 Å². The summed E-state index contributed by atoms with van der Waals surface area (Å²) >= 11 is 0. The molecule has 0 saturated heterocycles. The molecule has 0 bridgehead atoms. The molecule has 7 nitrogen and oxygen atoms in total. The molecular formula is C27H31N3O4. The van der Waals surface area contributed by atoms with Gasteiger partial charge < -0.3 is 14.4 Å². The maximum Gasteiger partial charge on any atom is 0.358 e. The number of benzene rings is 2. The van der Waals surface area contributed by atoms with Gasteiger partial charge in [0.2, 0.25) is 0 Å². The second-order valence-electron chi connectivity index (χ2n) is 8.53. The Morgan fingerprint density at radius 3 is 2.32 bits per heavy atom. The van der Waals surface area contributed by atoms with Crippen molar-refractivity contribution < 1.29 is 19.1 Å². The van der Waals surface area contributed by atoms with Crippen molar-refractivity contribution in [3.63, 3.8) is 0 Å². The van der Waals surface area contributed by atoms with Gasteiger partial charge in [-0.1, -0.05) is 19.3 Å². The maximum atomic E-state index is 13.0. The van der Waals surface area contributed by atoms with Crippen molar-refractivity contribution in [3.05, 3.63) is 65.9 Å². The Hall–Kier alpha value is -3.61. The first-order valence-electron chi connectivity index (χ1n) is 11.8. The number of esters is 1. The topological polar surface area (TPSA) is 73.7 Å². The van der Waals surface area contributed by atoms with Crippen LogP contribution in [-0.4, -0.2) is 53.4 Å². The first kappa shape index (κ1) is 23.5. The Morgan fingerprint density at radius 1 is 1.03 bits per heavy atom. The Kier molecular flexibility index (Phi) is 7.30. The van der Waals surface area contributed by atoms with Crippen LogP contribution in [0, 0.1) is 0 Å². The number of hydrogen-bond donors (Lipinski definition) is 0. The third-order valence-corrected chi connectivity index (χ3v) is 6.38. The largest absolute Gasteiger partial charge is 0.497 e. The summed E-state index contributed by atoms with van der Waals surface area (Å²) in [7, 11) is 3.51. The minimum Gasteiger partial charge on any atom is -0.497 e. The van der Waals surface area contributed by atoms with E-state index in [0.29, 0.717) is 11.6 Å². The standard InChI is InChI=1S/C27H31N3O4/c1-4-34-27(32)24-18-25(19-12-16-23(33-3)17-13-19)30(28-24)22-14-10-20(11-15-22)26(31)29(2)21-8-6-5-7-9-21/h10-18,21H,4-9H2,1-3H3. The first-order chi connectivity index (χ1) is 16.5. The van der Waals surface area contributed by atoms with Crippen molar-refractivity contribution in [1.82, 2.24) is 14.7 Å². The van der Waals surface area contributed by atoms with Crippen molar-refractivity contribution in [1.29, 1.82) is 0 Å². The van der Waals surface area contributed by atoms with Gasteiger partial charge in [-0.2, -0.15) is 5.10 Å². The highest BCUT2D eigenvalue weighted by atomic mass is 16.5. The molecule has 1 aliphatic carbocycles. The molecule has 1 saturated carbocycles. The van der Waals surface area contributed by atoms with Crippen molar-refractivity contribution in [2.24, 2.45) is 0 Å². The molecule has 1 fully saturated rings. The van der Waals surface area contributed by atoms with Gasteiger partial charge in [-0.05, 0) is 74.4 Å². The van der Waals surface area contributed by atoms with Crippen LogP contribution in [-0.2, 0) is 4.74 Å². The zero-order valence-corrected chi connectivity index (χ0v) is 20.0. The summed E-state index contributed by atoms with van der Waals surface area (Å²) in [6.45, 7) is 2.04. The molecule has 3 aromatic rings. The van der Waals surface area contributed by atoms with E-state index in [9.17, 15) is 9.59 Å². The van der Waals surface area contributed by atoms with E-state index in [1.807, 2.05) is 60.5 Å². The minimum absolute atomic E-state index is 0.0292. The van der Waals surface area contributed by atoms with E-state index in [1.54, 1.807) is 24.8 Å². The Morgan fingerprint density at radius 2 is 1.71 bits per heavy atom. The second kappa shape index (κ2) is 10.5. The molecule has 34 heavy (non-hydrogen) atoms. The van der Waals surface area contributed by atoms with Gasteiger partial charge in [-0.15, -0.1) is 0 Å². The van der Waals surface area contributed by atoms with Crippen molar-refractivity contribution in [2.75, 3.05) is 20.8 Å². The van der Waals surface area contributed by atoms with Crippen LogP contribution in [0.15, 0.2) is 54.6 Å². The van der Waals surface area contributed by atoms with E-state index in [4.69, 9.17) is 9.47 Å². The van der Waals surface area contributed by atoms with E-state index in [1.165, 1.54) is 19.3 Å². The van der Waals surface area contributed by atoms with Gasteiger partial charge in [0.15, 0.2) is 5.69 Å².